The van der Waals surface area contributed by atoms with E-state index in [1.165, 1.54) is 24.3 Å². The Morgan fingerprint density at radius 1 is 0.917 bits per heavy atom. The van der Waals surface area contributed by atoms with E-state index in [0.29, 0.717) is 6.07 Å². The number of hydrogen-bond donors (Lipinski definition) is 1. The van der Waals surface area contributed by atoms with Gasteiger partial charge < -0.3 is 10.1 Å². The Hall–Kier alpha value is -3.51. The molecule has 0 heterocycles. The first-order valence-electron chi connectivity index (χ1n) is 9.86. The van der Waals surface area contributed by atoms with Crippen LogP contribution >= 0.6 is 11.6 Å². The summed E-state index contributed by atoms with van der Waals surface area (Å²) in [6.45, 7) is 0. The van der Waals surface area contributed by atoms with Crippen molar-refractivity contribution < 1.29 is 44.7 Å². The highest BCUT2D eigenvalue weighted by molar-refractivity contribution is 7.91. The second-order valence-corrected chi connectivity index (χ2v) is 9.53. The molecule has 0 spiro atoms. The van der Waals surface area contributed by atoms with E-state index in [4.69, 9.17) is 16.3 Å². The number of amides is 1. The minimum absolute atomic E-state index is 0.156. The van der Waals surface area contributed by atoms with Gasteiger partial charge in [0, 0.05) is 5.56 Å². The van der Waals surface area contributed by atoms with Crippen molar-refractivity contribution in [1.82, 2.24) is 0 Å². The average Bonchev–Trinajstić information content (AvgIpc) is 2.83. The quantitative estimate of drug-likeness (QED) is 0.294. The molecule has 0 aliphatic heterocycles. The second kappa shape index (κ2) is 10.6. The SMILES string of the molecule is O=C(OC(C(=O)Nc1cc(C(F)(F)F)ccc1Cl)c1ccccc1)c1ccc(S(=O)(=O)C(F)F)cc1. The van der Waals surface area contributed by atoms with Crippen LogP contribution in [0.25, 0.3) is 0 Å². The van der Waals surface area contributed by atoms with Crippen LogP contribution in [0.5, 0.6) is 0 Å². The smallest absolute Gasteiger partial charge is 0.416 e. The lowest BCUT2D eigenvalue weighted by molar-refractivity contribution is -0.137. The number of rotatable bonds is 7. The summed E-state index contributed by atoms with van der Waals surface area (Å²) in [5.74, 6) is -5.83. The van der Waals surface area contributed by atoms with Gasteiger partial charge in [0.2, 0.25) is 15.9 Å². The molecule has 1 N–H and O–H groups in total. The van der Waals surface area contributed by atoms with Crippen molar-refractivity contribution in [3.8, 4) is 0 Å². The summed E-state index contributed by atoms with van der Waals surface area (Å²) in [6.07, 6.45) is -6.37. The molecule has 13 heteroatoms. The largest absolute Gasteiger partial charge is 0.444 e. The maximum absolute atomic E-state index is 13.1. The molecule has 36 heavy (non-hydrogen) atoms. The number of hydrogen-bond acceptors (Lipinski definition) is 5. The molecule has 1 atom stereocenters. The van der Waals surface area contributed by atoms with Crippen LogP contribution in [-0.2, 0) is 25.5 Å². The second-order valence-electron chi connectivity index (χ2n) is 7.21. The van der Waals surface area contributed by atoms with E-state index >= 15 is 0 Å². The van der Waals surface area contributed by atoms with Gasteiger partial charge in [-0.3, -0.25) is 4.79 Å². The predicted octanol–water partition coefficient (Wildman–Crippen LogP) is 5.89. The van der Waals surface area contributed by atoms with Gasteiger partial charge in [-0.05, 0) is 42.5 Å². The van der Waals surface area contributed by atoms with E-state index < -0.39 is 50.2 Å². The minimum atomic E-state index is -4.89. The van der Waals surface area contributed by atoms with E-state index in [0.717, 1.165) is 36.4 Å². The van der Waals surface area contributed by atoms with E-state index in [9.17, 15) is 40.0 Å². The van der Waals surface area contributed by atoms with Gasteiger partial charge in [0.1, 0.15) is 0 Å². The highest BCUT2D eigenvalue weighted by atomic mass is 35.5. The van der Waals surface area contributed by atoms with Crippen molar-refractivity contribution in [3.63, 3.8) is 0 Å². The Bertz CT molecular complexity index is 1360. The minimum Gasteiger partial charge on any atom is -0.444 e. The van der Waals surface area contributed by atoms with Crippen LogP contribution in [0.1, 0.15) is 27.6 Å². The molecule has 0 aromatic heterocycles. The van der Waals surface area contributed by atoms with Crippen molar-refractivity contribution in [1.29, 1.82) is 0 Å². The Labute approximate surface area is 206 Å². The molecule has 0 radical (unpaired) electrons. The summed E-state index contributed by atoms with van der Waals surface area (Å²) in [5.41, 5.74) is -1.57. The molecule has 6 nitrogen and oxygen atoms in total. The molecule has 3 rings (SSSR count). The first-order valence-corrected chi connectivity index (χ1v) is 11.8. The Balaban J connectivity index is 1.88. The summed E-state index contributed by atoms with van der Waals surface area (Å²) in [7, 11) is -4.89. The van der Waals surface area contributed by atoms with Gasteiger partial charge in [-0.2, -0.15) is 22.0 Å². The Kier molecular flexibility index (Phi) is 7.99. The van der Waals surface area contributed by atoms with Gasteiger partial charge in [-0.15, -0.1) is 0 Å². The number of carbonyl (C=O) groups is 2. The van der Waals surface area contributed by atoms with Crippen LogP contribution in [0.3, 0.4) is 0 Å². The van der Waals surface area contributed by atoms with Crippen LogP contribution < -0.4 is 5.32 Å². The molecule has 1 unspecified atom stereocenters. The van der Waals surface area contributed by atoms with Crippen molar-refractivity contribution in [2.45, 2.75) is 22.9 Å². The van der Waals surface area contributed by atoms with Crippen molar-refractivity contribution >= 4 is 39.0 Å². The third-order valence-corrected chi connectivity index (χ3v) is 6.50. The zero-order chi connectivity index (χ0) is 26.7. The number of nitrogens with one attached hydrogen (secondary N) is 1. The Morgan fingerprint density at radius 3 is 2.08 bits per heavy atom. The molecule has 1 amide bonds. The number of benzene rings is 3. The maximum atomic E-state index is 13.1. The summed E-state index contributed by atoms with van der Waals surface area (Å²) in [5, 5.41) is 2.01. The van der Waals surface area contributed by atoms with Crippen molar-refractivity contribution in [2.75, 3.05) is 5.32 Å². The average molecular weight is 548 g/mol. The molecule has 3 aromatic rings. The lowest BCUT2D eigenvalue weighted by Gasteiger charge is -2.19. The molecular formula is C23H15ClF5NO5S. The van der Waals surface area contributed by atoms with Gasteiger partial charge in [-0.1, -0.05) is 41.9 Å². The molecule has 190 valence electrons. The van der Waals surface area contributed by atoms with Gasteiger partial charge in [0.15, 0.2) is 0 Å². The Morgan fingerprint density at radius 2 is 1.53 bits per heavy atom. The monoisotopic (exact) mass is 547 g/mol. The van der Waals surface area contributed by atoms with Gasteiger partial charge in [-0.25, -0.2) is 13.2 Å². The molecular weight excluding hydrogens is 533 g/mol. The van der Waals surface area contributed by atoms with Gasteiger partial charge >= 0.3 is 17.9 Å². The summed E-state index contributed by atoms with van der Waals surface area (Å²) < 4.78 is 93.0. The first kappa shape index (κ1) is 27.1. The first-order chi connectivity index (χ1) is 16.8. The number of carbonyl (C=O) groups excluding carboxylic acids is 2. The van der Waals surface area contributed by atoms with E-state index in [1.54, 1.807) is 6.07 Å². The van der Waals surface area contributed by atoms with Crippen LogP contribution in [0.15, 0.2) is 77.7 Å². The van der Waals surface area contributed by atoms with Crippen LogP contribution in [0, 0.1) is 0 Å². The normalized spacial score (nSPS) is 12.8. The van der Waals surface area contributed by atoms with Crippen LogP contribution in [0.4, 0.5) is 27.6 Å². The summed E-state index contributed by atoms with van der Waals surface area (Å²) in [4.78, 5) is 24.9. The highest BCUT2D eigenvalue weighted by Gasteiger charge is 2.32. The van der Waals surface area contributed by atoms with E-state index in [-0.39, 0.29) is 21.8 Å². The molecule has 0 saturated carbocycles. The zero-order valence-electron chi connectivity index (χ0n) is 17.8. The van der Waals surface area contributed by atoms with Crippen LogP contribution in [-0.4, -0.2) is 26.1 Å². The van der Waals surface area contributed by atoms with E-state index in [2.05, 4.69) is 5.32 Å². The van der Waals surface area contributed by atoms with Crippen molar-refractivity contribution in [3.05, 3.63) is 94.5 Å². The standard InChI is InChI=1S/C23H15ClF5NO5S/c24-17-11-8-15(23(27,28)29)12-18(17)30-20(31)19(13-4-2-1-3-5-13)35-21(32)14-6-9-16(10-7-14)36(33,34)22(25)26/h1-12,19,22H,(H,30,31). The van der Waals surface area contributed by atoms with Gasteiger partial charge in [0.05, 0.1) is 26.7 Å². The number of esters is 1. The molecule has 3 aromatic carbocycles. The maximum Gasteiger partial charge on any atom is 0.416 e. The molecule has 0 aliphatic carbocycles. The van der Waals surface area contributed by atoms with Gasteiger partial charge in [0.25, 0.3) is 5.91 Å². The molecule has 0 fully saturated rings. The summed E-state index contributed by atoms with van der Waals surface area (Å²) in [6, 6.07) is 13.2. The predicted molar refractivity (Wildman–Crippen MR) is 119 cm³/mol. The third kappa shape index (κ3) is 6.18. The number of ether oxygens (including phenoxy) is 1. The van der Waals surface area contributed by atoms with Crippen LogP contribution in [0.2, 0.25) is 5.02 Å². The lowest BCUT2D eigenvalue weighted by atomic mass is 10.1. The molecule has 0 saturated heterocycles. The zero-order valence-corrected chi connectivity index (χ0v) is 19.4. The molecule has 0 aliphatic rings. The van der Waals surface area contributed by atoms with E-state index in [1.807, 2.05) is 0 Å². The fourth-order valence-electron chi connectivity index (χ4n) is 2.96. The fourth-order valence-corrected chi connectivity index (χ4v) is 3.84. The number of alkyl halides is 5. The number of sulfone groups is 1. The van der Waals surface area contributed by atoms with Crippen molar-refractivity contribution in [2.24, 2.45) is 0 Å². The summed E-state index contributed by atoms with van der Waals surface area (Å²) >= 11 is 5.92. The lowest BCUT2D eigenvalue weighted by Crippen LogP contribution is -2.26. The number of anilines is 1. The third-order valence-electron chi connectivity index (χ3n) is 4.77. The number of halogens is 6. The topological polar surface area (TPSA) is 89.5 Å². The fraction of sp³-hybridized carbons (Fsp3) is 0.130. The highest BCUT2D eigenvalue weighted by Crippen LogP contribution is 2.34. The molecule has 0 bridgehead atoms.